The molecule has 0 nitrogen and oxygen atoms in total. The molecule has 0 aliphatic rings. The van der Waals surface area contributed by atoms with Crippen molar-refractivity contribution < 1.29 is 0 Å². The fraction of sp³-hybridized carbons (Fsp3) is 1.00. The Hall–Kier alpha value is 0.480. The number of alkyl halides is 1. The first-order chi connectivity index (χ1) is 7.13. The summed E-state index contributed by atoms with van der Waals surface area (Å²) in [7, 11) is 0. The molecule has 0 spiro atoms. The molecular weight excluding hydrogens is 248 g/mol. The number of hydrogen-bond acceptors (Lipinski definition) is 0. The van der Waals surface area contributed by atoms with E-state index in [2.05, 4.69) is 43.6 Å². The molecule has 1 heteroatoms. The van der Waals surface area contributed by atoms with Crippen LogP contribution in [0.2, 0.25) is 0 Å². The van der Waals surface area contributed by atoms with E-state index in [0.717, 1.165) is 17.8 Å². The van der Waals surface area contributed by atoms with E-state index in [4.69, 9.17) is 0 Å². The summed E-state index contributed by atoms with van der Waals surface area (Å²) in [5.74, 6) is 2.70. The molecule has 0 N–H and O–H groups in total. The van der Waals surface area contributed by atoms with Crippen LogP contribution in [0.25, 0.3) is 0 Å². The van der Waals surface area contributed by atoms with Crippen molar-refractivity contribution in [1.29, 1.82) is 0 Å². The molecule has 0 aromatic carbocycles. The average Bonchev–Trinajstić information content (AvgIpc) is 2.21. The summed E-state index contributed by atoms with van der Waals surface area (Å²) < 4.78 is 0. The predicted molar refractivity (Wildman–Crippen MR) is 74.7 cm³/mol. The van der Waals surface area contributed by atoms with Crippen LogP contribution in [0, 0.1) is 17.8 Å². The van der Waals surface area contributed by atoms with Crippen LogP contribution >= 0.6 is 15.9 Å². The quantitative estimate of drug-likeness (QED) is 0.478. The van der Waals surface area contributed by atoms with Gasteiger partial charge < -0.3 is 0 Å². The van der Waals surface area contributed by atoms with E-state index in [-0.39, 0.29) is 0 Å². The van der Waals surface area contributed by atoms with Crippen molar-refractivity contribution in [2.24, 2.45) is 17.8 Å². The Morgan fingerprint density at radius 1 is 1.00 bits per heavy atom. The molecule has 0 aromatic heterocycles. The maximum absolute atomic E-state index is 3.67. The summed E-state index contributed by atoms with van der Waals surface area (Å²) in [6.45, 7) is 9.31. The van der Waals surface area contributed by atoms with Crippen molar-refractivity contribution in [1.82, 2.24) is 0 Å². The van der Waals surface area contributed by atoms with Crippen molar-refractivity contribution in [2.75, 3.05) is 5.33 Å². The van der Waals surface area contributed by atoms with Crippen LogP contribution in [-0.4, -0.2) is 5.33 Å². The van der Waals surface area contributed by atoms with Gasteiger partial charge in [-0.05, 0) is 30.6 Å². The Balaban J connectivity index is 3.88. The second kappa shape index (κ2) is 9.69. The van der Waals surface area contributed by atoms with Gasteiger partial charge in [0.05, 0.1) is 0 Å². The Morgan fingerprint density at radius 2 is 1.67 bits per heavy atom. The van der Waals surface area contributed by atoms with Crippen LogP contribution in [-0.2, 0) is 0 Å². The standard InChI is InChI=1S/C14H29Br/c1-5-7-8-13(6-2)10-14(11-15)9-12(3)4/h12-14H,5-11H2,1-4H3. The molecule has 0 bridgehead atoms. The van der Waals surface area contributed by atoms with Crippen molar-refractivity contribution >= 4 is 15.9 Å². The minimum atomic E-state index is 0.844. The van der Waals surface area contributed by atoms with Crippen LogP contribution in [0.4, 0.5) is 0 Å². The molecule has 2 atom stereocenters. The van der Waals surface area contributed by atoms with E-state index >= 15 is 0 Å². The molecule has 0 aliphatic heterocycles. The number of unbranched alkanes of at least 4 members (excludes halogenated alkanes) is 1. The summed E-state index contributed by atoms with van der Waals surface area (Å²) >= 11 is 3.67. The Labute approximate surface area is 105 Å². The van der Waals surface area contributed by atoms with Crippen LogP contribution in [0.1, 0.15) is 66.2 Å². The molecule has 2 unspecified atom stereocenters. The smallest absolute Gasteiger partial charge is 0.00598 e. The molecular formula is C14H29Br. The van der Waals surface area contributed by atoms with Gasteiger partial charge in [0.15, 0.2) is 0 Å². The highest BCUT2D eigenvalue weighted by atomic mass is 79.9. The predicted octanol–water partition coefficient (Wildman–Crippen LogP) is 5.65. The fourth-order valence-electron chi connectivity index (χ4n) is 2.34. The first-order valence-electron chi connectivity index (χ1n) is 6.69. The van der Waals surface area contributed by atoms with Crippen LogP contribution in [0.15, 0.2) is 0 Å². The minimum Gasteiger partial charge on any atom is -0.0925 e. The second-order valence-electron chi connectivity index (χ2n) is 5.30. The third kappa shape index (κ3) is 8.30. The lowest BCUT2D eigenvalue weighted by Gasteiger charge is -2.22. The molecule has 0 amide bonds. The molecule has 0 heterocycles. The van der Waals surface area contributed by atoms with E-state index in [1.165, 1.54) is 43.9 Å². The third-order valence-corrected chi connectivity index (χ3v) is 4.15. The van der Waals surface area contributed by atoms with Gasteiger partial charge in [0.1, 0.15) is 0 Å². The zero-order valence-electron chi connectivity index (χ0n) is 11.1. The second-order valence-corrected chi connectivity index (χ2v) is 5.95. The van der Waals surface area contributed by atoms with Gasteiger partial charge in [0.25, 0.3) is 0 Å². The first-order valence-corrected chi connectivity index (χ1v) is 7.82. The van der Waals surface area contributed by atoms with Crippen molar-refractivity contribution in [2.45, 2.75) is 66.2 Å². The summed E-state index contributed by atoms with van der Waals surface area (Å²) in [5.41, 5.74) is 0. The van der Waals surface area contributed by atoms with Crippen LogP contribution < -0.4 is 0 Å². The van der Waals surface area contributed by atoms with Gasteiger partial charge in [-0.1, -0.05) is 69.3 Å². The summed E-state index contributed by atoms with van der Waals surface area (Å²) in [6, 6.07) is 0. The lowest BCUT2D eigenvalue weighted by molar-refractivity contribution is 0.321. The maximum Gasteiger partial charge on any atom is 0.00598 e. The summed E-state index contributed by atoms with van der Waals surface area (Å²) in [6.07, 6.45) is 8.37. The molecule has 0 fully saturated rings. The maximum atomic E-state index is 3.67. The van der Waals surface area contributed by atoms with E-state index < -0.39 is 0 Å². The van der Waals surface area contributed by atoms with E-state index in [1.54, 1.807) is 0 Å². The monoisotopic (exact) mass is 276 g/mol. The van der Waals surface area contributed by atoms with Crippen molar-refractivity contribution in [3.63, 3.8) is 0 Å². The molecule has 0 radical (unpaired) electrons. The lowest BCUT2D eigenvalue weighted by Crippen LogP contribution is -2.12. The van der Waals surface area contributed by atoms with E-state index in [0.29, 0.717) is 0 Å². The van der Waals surface area contributed by atoms with Gasteiger partial charge in [0.2, 0.25) is 0 Å². The average molecular weight is 277 g/mol. The molecule has 0 rings (SSSR count). The van der Waals surface area contributed by atoms with Crippen molar-refractivity contribution in [3.8, 4) is 0 Å². The molecule has 0 aromatic rings. The highest BCUT2D eigenvalue weighted by molar-refractivity contribution is 9.09. The third-order valence-electron chi connectivity index (χ3n) is 3.23. The molecule has 15 heavy (non-hydrogen) atoms. The van der Waals surface area contributed by atoms with Gasteiger partial charge in [-0.25, -0.2) is 0 Å². The summed E-state index contributed by atoms with van der Waals surface area (Å²) in [5, 5.41) is 1.19. The topological polar surface area (TPSA) is 0 Å². The van der Waals surface area contributed by atoms with Crippen LogP contribution in [0.3, 0.4) is 0 Å². The molecule has 0 saturated heterocycles. The first kappa shape index (κ1) is 15.5. The highest BCUT2D eigenvalue weighted by Gasteiger charge is 2.15. The molecule has 0 saturated carbocycles. The minimum absolute atomic E-state index is 0.844. The Morgan fingerprint density at radius 3 is 2.07 bits per heavy atom. The van der Waals surface area contributed by atoms with Crippen molar-refractivity contribution in [3.05, 3.63) is 0 Å². The van der Waals surface area contributed by atoms with Gasteiger partial charge in [-0.15, -0.1) is 0 Å². The largest absolute Gasteiger partial charge is 0.0925 e. The Bertz CT molecular complexity index is 131. The lowest BCUT2D eigenvalue weighted by atomic mass is 9.86. The molecule has 92 valence electrons. The van der Waals surface area contributed by atoms with E-state index in [1.807, 2.05) is 0 Å². The Kier molecular flexibility index (Phi) is 10.00. The number of rotatable bonds is 9. The zero-order chi connectivity index (χ0) is 11.7. The van der Waals surface area contributed by atoms with E-state index in [9.17, 15) is 0 Å². The van der Waals surface area contributed by atoms with Crippen LogP contribution in [0.5, 0.6) is 0 Å². The van der Waals surface area contributed by atoms with Gasteiger partial charge in [-0.2, -0.15) is 0 Å². The molecule has 0 aliphatic carbocycles. The highest BCUT2D eigenvalue weighted by Crippen LogP contribution is 2.26. The normalized spacial score (nSPS) is 15.6. The SMILES string of the molecule is CCCCC(CC)CC(CBr)CC(C)C. The fourth-order valence-corrected chi connectivity index (χ4v) is 2.87. The summed E-state index contributed by atoms with van der Waals surface area (Å²) in [4.78, 5) is 0. The van der Waals surface area contributed by atoms with Gasteiger partial charge in [-0.3, -0.25) is 0 Å². The zero-order valence-corrected chi connectivity index (χ0v) is 12.6. The number of hydrogen-bond donors (Lipinski definition) is 0. The van der Waals surface area contributed by atoms with Gasteiger partial charge in [0, 0.05) is 5.33 Å². The number of halogens is 1. The van der Waals surface area contributed by atoms with Gasteiger partial charge >= 0.3 is 0 Å².